The van der Waals surface area contributed by atoms with Crippen molar-refractivity contribution in [2.75, 3.05) is 5.73 Å². The van der Waals surface area contributed by atoms with E-state index in [4.69, 9.17) is 10.7 Å². The van der Waals surface area contributed by atoms with Crippen molar-refractivity contribution in [3.05, 3.63) is 40.6 Å². The van der Waals surface area contributed by atoms with Crippen LogP contribution in [-0.2, 0) is 0 Å². The molecule has 1 aliphatic rings. The summed E-state index contributed by atoms with van der Waals surface area (Å²) >= 11 is 0. The molecule has 0 unspecified atom stereocenters. The molecule has 3 rings (SSSR count). The van der Waals surface area contributed by atoms with Crippen molar-refractivity contribution in [2.45, 2.75) is 52.4 Å². The van der Waals surface area contributed by atoms with Gasteiger partial charge in [0.1, 0.15) is 5.82 Å². The molecule has 0 amide bonds. The van der Waals surface area contributed by atoms with Crippen LogP contribution >= 0.6 is 0 Å². The molecule has 21 heavy (non-hydrogen) atoms. The maximum absolute atomic E-state index is 6.03. The van der Waals surface area contributed by atoms with Gasteiger partial charge in [-0.15, -0.1) is 0 Å². The highest BCUT2D eigenvalue weighted by atomic mass is 14.9. The van der Waals surface area contributed by atoms with Gasteiger partial charge in [0.15, 0.2) is 5.82 Å². The summed E-state index contributed by atoms with van der Waals surface area (Å²) in [5.74, 6) is 1.91. The van der Waals surface area contributed by atoms with Crippen molar-refractivity contribution in [3.8, 4) is 11.4 Å². The van der Waals surface area contributed by atoms with E-state index in [1.807, 2.05) is 6.07 Å². The monoisotopic (exact) mass is 281 g/mol. The third kappa shape index (κ3) is 2.78. The van der Waals surface area contributed by atoms with Crippen molar-refractivity contribution < 1.29 is 0 Å². The van der Waals surface area contributed by atoms with E-state index in [-0.39, 0.29) is 0 Å². The Labute approximate surface area is 126 Å². The summed E-state index contributed by atoms with van der Waals surface area (Å²) in [5.41, 5.74) is 12.0. The Hall–Kier alpha value is -1.90. The Kier molecular flexibility index (Phi) is 3.66. The smallest absolute Gasteiger partial charge is 0.162 e. The lowest BCUT2D eigenvalue weighted by Crippen LogP contribution is -2.04. The van der Waals surface area contributed by atoms with Gasteiger partial charge in [-0.1, -0.05) is 18.9 Å². The Morgan fingerprint density at radius 2 is 1.57 bits per heavy atom. The van der Waals surface area contributed by atoms with Crippen molar-refractivity contribution >= 4 is 5.82 Å². The second-order valence-electron chi connectivity index (χ2n) is 6.27. The number of aromatic nitrogens is 2. The van der Waals surface area contributed by atoms with Gasteiger partial charge >= 0.3 is 0 Å². The van der Waals surface area contributed by atoms with Crippen LogP contribution in [0, 0.1) is 20.8 Å². The zero-order chi connectivity index (χ0) is 15.0. The molecule has 0 aliphatic heterocycles. The summed E-state index contributed by atoms with van der Waals surface area (Å²) in [6, 6.07) is 6.33. The maximum Gasteiger partial charge on any atom is 0.162 e. The van der Waals surface area contributed by atoms with Crippen LogP contribution in [0.4, 0.5) is 5.82 Å². The first kappa shape index (κ1) is 14.1. The van der Waals surface area contributed by atoms with E-state index in [1.54, 1.807) is 0 Å². The van der Waals surface area contributed by atoms with Crippen LogP contribution in [0.25, 0.3) is 11.4 Å². The predicted molar refractivity (Wildman–Crippen MR) is 87.3 cm³/mol. The lowest BCUT2D eigenvalue weighted by atomic mass is 9.99. The zero-order valence-electron chi connectivity index (χ0n) is 13.1. The number of anilines is 1. The van der Waals surface area contributed by atoms with Gasteiger partial charge in [-0.2, -0.15) is 0 Å². The predicted octanol–water partition coefficient (Wildman–Crippen LogP) is 4.31. The molecule has 0 bridgehead atoms. The Bertz CT molecular complexity index is 670. The van der Waals surface area contributed by atoms with Crippen LogP contribution in [-0.4, -0.2) is 9.97 Å². The normalized spacial score (nSPS) is 15.6. The van der Waals surface area contributed by atoms with Crippen molar-refractivity contribution in [1.82, 2.24) is 9.97 Å². The van der Waals surface area contributed by atoms with E-state index < -0.39 is 0 Å². The molecule has 2 N–H and O–H groups in total. The third-order valence-corrected chi connectivity index (χ3v) is 4.62. The number of hydrogen-bond acceptors (Lipinski definition) is 3. The number of aryl methyl sites for hydroxylation is 3. The Morgan fingerprint density at radius 3 is 2.29 bits per heavy atom. The van der Waals surface area contributed by atoms with Gasteiger partial charge in [0, 0.05) is 23.2 Å². The fourth-order valence-corrected chi connectivity index (χ4v) is 3.24. The van der Waals surface area contributed by atoms with Crippen LogP contribution in [0.1, 0.15) is 54.0 Å². The molecule has 0 atom stereocenters. The van der Waals surface area contributed by atoms with Gasteiger partial charge in [0.2, 0.25) is 0 Å². The molecule has 0 radical (unpaired) electrons. The second-order valence-corrected chi connectivity index (χ2v) is 6.27. The van der Waals surface area contributed by atoms with Crippen LogP contribution in [0.5, 0.6) is 0 Å². The fourth-order valence-electron chi connectivity index (χ4n) is 3.24. The summed E-state index contributed by atoms with van der Waals surface area (Å²) in [5, 5.41) is 0. The molecule has 3 nitrogen and oxygen atoms in total. The van der Waals surface area contributed by atoms with Gasteiger partial charge in [0.25, 0.3) is 0 Å². The molecule has 3 heteroatoms. The molecule has 0 spiro atoms. The van der Waals surface area contributed by atoms with Crippen molar-refractivity contribution in [3.63, 3.8) is 0 Å². The number of benzene rings is 1. The number of rotatable bonds is 2. The van der Waals surface area contributed by atoms with Crippen LogP contribution in [0.3, 0.4) is 0 Å². The first-order valence-corrected chi connectivity index (χ1v) is 7.77. The van der Waals surface area contributed by atoms with E-state index in [1.165, 1.54) is 42.4 Å². The Balaban J connectivity index is 2.08. The first-order valence-electron chi connectivity index (χ1n) is 7.77. The molecule has 110 valence electrons. The zero-order valence-corrected chi connectivity index (χ0v) is 13.1. The van der Waals surface area contributed by atoms with E-state index in [9.17, 15) is 0 Å². The average Bonchev–Trinajstić information content (AvgIpc) is 2.96. The van der Waals surface area contributed by atoms with Crippen molar-refractivity contribution in [2.24, 2.45) is 0 Å². The minimum atomic E-state index is 0.556. The molecule has 1 heterocycles. The summed E-state index contributed by atoms with van der Waals surface area (Å²) in [6.45, 7) is 6.38. The molecule has 0 saturated heterocycles. The SMILES string of the molecule is Cc1cc(C)c(-c2nc(N)cc(C3CCCC3)n2)cc1C. The lowest BCUT2D eigenvalue weighted by Gasteiger charge is -2.13. The largest absolute Gasteiger partial charge is 0.384 e. The first-order chi connectivity index (χ1) is 10.0. The highest BCUT2D eigenvalue weighted by Gasteiger charge is 2.20. The quantitative estimate of drug-likeness (QED) is 0.892. The second kappa shape index (κ2) is 5.47. The number of nitrogens with zero attached hydrogens (tertiary/aromatic N) is 2. The molecule has 1 saturated carbocycles. The topological polar surface area (TPSA) is 51.8 Å². The van der Waals surface area contributed by atoms with Gasteiger partial charge in [-0.05, 0) is 56.4 Å². The van der Waals surface area contributed by atoms with Gasteiger partial charge in [-0.3, -0.25) is 0 Å². The molecular formula is C18H23N3. The maximum atomic E-state index is 6.03. The lowest BCUT2D eigenvalue weighted by molar-refractivity contribution is 0.696. The number of nitrogens with two attached hydrogens (primary N) is 1. The van der Waals surface area contributed by atoms with E-state index in [0.29, 0.717) is 11.7 Å². The summed E-state index contributed by atoms with van der Waals surface area (Å²) < 4.78 is 0. The van der Waals surface area contributed by atoms with Gasteiger partial charge in [0.05, 0.1) is 0 Å². The molecule has 1 aromatic carbocycles. The minimum Gasteiger partial charge on any atom is -0.384 e. The van der Waals surface area contributed by atoms with Crippen molar-refractivity contribution in [1.29, 1.82) is 0 Å². The van der Waals surface area contributed by atoms with E-state index >= 15 is 0 Å². The van der Waals surface area contributed by atoms with Crippen LogP contribution < -0.4 is 5.73 Å². The summed E-state index contributed by atoms with van der Waals surface area (Å²) in [6.07, 6.45) is 5.04. The average molecular weight is 281 g/mol. The fraction of sp³-hybridized carbons (Fsp3) is 0.444. The number of nitrogen functional groups attached to an aromatic ring is 1. The Morgan fingerprint density at radius 1 is 0.905 bits per heavy atom. The van der Waals surface area contributed by atoms with Gasteiger partial charge in [-0.25, -0.2) is 9.97 Å². The molecule has 1 aliphatic carbocycles. The molecule has 1 fully saturated rings. The van der Waals surface area contributed by atoms with E-state index in [0.717, 1.165) is 17.1 Å². The standard InChI is InChI=1S/C18H23N3/c1-11-8-13(3)15(9-12(11)2)18-20-16(10-17(19)21-18)14-6-4-5-7-14/h8-10,14H,4-7H2,1-3H3,(H2,19,20,21). The highest BCUT2D eigenvalue weighted by Crippen LogP contribution is 2.34. The van der Waals surface area contributed by atoms with Crippen LogP contribution in [0.2, 0.25) is 0 Å². The minimum absolute atomic E-state index is 0.556. The van der Waals surface area contributed by atoms with Crippen LogP contribution in [0.15, 0.2) is 18.2 Å². The summed E-state index contributed by atoms with van der Waals surface area (Å²) in [7, 11) is 0. The third-order valence-electron chi connectivity index (χ3n) is 4.62. The van der Waals surface area contributed by atoms with Gasteiger partial charge < -0.3 is 5.73 Å². The molecule has 2 aromatic rings. The van der Waals surface area contributed by atoms with E-state index in [2.05, 4.69) is 37.9 Å². The summed E-state index contributed by atoms with van der Waals surface area (Å²) in [4.78, 5) is 9.30. The molecular weight excluding hydrogens is 258 g/mol. The number of hydrogen-bond donors (Lipinski definition) is 1. The molecule has 1 aromatic heterocycles. The highest BCUT2D eigenvalue weighted by molar-refractivity contribution is 5.63.